The Labute approximate surface area is 89.5 Å². The average molecular weight is 211 g/mol. The van der Waals surface area contributed by atoms with E-state index in [-0.39, 0.29) is 6.04 Å². The van der Waals surface area contributed by atoms with Crippen LogP contribution in [0.3, 0.4) is 0 Å². The molecule has 0 aliphatic heterocycles. The average Bonchev–Trinajstić information content (AvgIpc) is 2.17. The molecule has 0 radical (unpaired) electrons. The summed E-state index contributed by atoms with van der Waals surface area (Å²) < 4.78 is 0. The molecule has 78 valence electrons. The Morgan fingerprint density at radius 2 is 2.29 bits per heavy atom. The molecular weight excluding hydrogens is 194 g/mol. The van der Waals surface area contributed by atoms with Gasteiger partial charge in [0.05, 0.1) is 0 Å². The standard InChI is InChI=1S/C11H17NOS/c1-2-10(12)8-14-7-9-4-3-5-11(13)6-9/h3-6,10,13H,2,7-8,12H2,1H3. The zero-order valence-corrected chi connectivity index (χ0v) is 9.26. The Balaban J connectivity index is 2.31. The molecule has 0 aliphatic carbocycles. The molecule has 0 heterocycles. The fourth-order valence-corrected chi connectivity index (χ4v) is 2.16. The second-order valence-electron chi connectivity index (χ2n) is 3.35. The third kappa shape index (κ3) is 4.03. The zero-order chi connectivity index (χ0) is 10.4. The van der Waals surface area contributed by atoms with E-state index in [0.29, 0.717) is 5.75 Å². The first kappa shape index (κ1) is 11.4. The van der Waals surface area contributed by atoms with Gasteiger partial charge in [-0.2, -0.15) is 11.8 Å². The Bertz CT molecular complexity index is 278. The SMILES string of the molecule is CCC(N)CSCc1cccc(O)c1. The van der Waals surface area contributed by atoms with Gasteiger partial charge in [-0.05, 0) is 24.1 Å². The molecule has 0 spiro atoms. The summed E-state index contributed by atoms with van der Waals surface area (Å²) in [6.45, 7) is 2.10. The van der Waals surface area contributed by atoms with Gasteiger partial charge in [0.2, 0.25) is 0 Å². The molecule has 0 saturated carbocycles. The van der Waals surface area contributed by atoms with Crippen molar-refractivity contribution in [3.63, 3.8) is 0 Å². The minimum Gasteiger partial charge on any atom is -0.508 e. The van der Waals surface area contributed by atoms with Crippen LogP contribution in [-0.2, 0) is 5.75 Å². The van der Waals surface area contributed by atoms with Crippen molar-refractivity contribution < 1.29 is 5.11 Å². The van der Waals surface area contributed by atoms with Gasteiger partial charge in [-0.25, -0.2) is 0 Å². The van der Waals surface area contributed by atoms with Crippen LogP contribution in [0.15, 0.2) is 24.3 Å². The number of benzene rings is 1. The lowest BCUT2D eigenvalue weighted by Crippen LogP contribution is -2.21. The molecule has 14 heavy (non-hydrogen) atoms. The lowest BCUT2D eigenvalue weighted by Gasteiger charge is -2.07. The molecule has 0 bridgehead atoms. The van der Waals surface area contributed by atoms with Crippen LogP contribution < -0.4 is 5.73 Å². The molecular formula is C11H17NOS. The summed E-state index contributed by atoms with van der Waals surface area (Å²) in [5.74, 6) is 2.23. The number of hydrogen-bond donors (Lipinski definition) is 2. The van der Waals surface area contributed by atoms with Crippen molar-refractivity contribution in [1.82, 2.24) is 0 Å². The van der Waals surface area contributed by atoms with Crippen LogP contribution in [-0.4, -0.2) is 16.9 Å². The second kappa shape index (κ2) is 5.94. The first-order chi connectivity index (χ1) is 6.72. The highest BCUT2D eigenvalue weighted by atomic mass is 32.2. The van der Waals surface area contributed by atoms with Crippen molar-refractivity contribution in [3.8, 4) is 5.75 Å². The highest BCUT2D eigenvalue weighted by Gasteiger charge is 2.00. The number of aromatic hydroxyl groups is 1. The molecule has 0 fully saturated rings. The lowest BCUT2D eigenvalue weighted by atomic mass is 10.2. The van der Waals surface area contributed by atoms with Crippen LogP contribution in [0.25, 0.3) is 0 Å². The van der Waals surface area contributed by atoms with Crippen molar-refractivity contribution in [2.24, 2.45) is 5.73 Å². The van der Waals surface area contributed by atoms with Crippen LogP contribution in [0.5, 0.6) is 5.75 Å². The summed E-state index contributed by atoms with van der Waals surface area (Å²) in [4.78, 5) is 0. The van der Waals surface area contributed by atoms with Gasteiger partial charge in [0.25, 0.3) is 0 Å². The fraction of sp³-hybridized carbons (Fsp3) is 0.455. The van der Waals surface area contributed by atoms with E-state index in [0.717, 1.165) is 23.5 Å². The molecule has 1 aromatic carbocycles. The zero-order valence-electron chi connectivity index (χ0n) is 8.44. The highest BCUT2D eigenvalue weighted by molar-refractivity contribution is 7.98. The minimum atomic E-state index is 0.289. The number of phenols is 1. The third-order valence-corrected chi connectivity index (χ3v) is 3.24. The minimum absolute atomic E-state index is 0.289. The molecule has 0 aromatic heterocycles. The van der Waals surface area contributed by atoms with Crippen molar-refractivity contribution in [3.05, 3.63) is 29.8 Å². The predicted octanol–water partition coefficient (Wildman–Crippen LogP) is 2.36. The molecule has 1 atom stereocenters. The molecule has 0 saturated heterocycles. The fourth-order valence-electron chi connectivity index (χ4n) is 1.09. The van der Waals surface area contributed by atoms with Crippen molar-refractivity contribution >= 4 is 11.8 Å². The predicted molar refractivity (Wildman–Crippen MR) is 62.5 cm³/mol. The highest BCUT2D eigenvalue weighted by Crippen LogP contribution is 2.17. The van der Waals surface area contributed by atoms with Crippen molar-refractivity contribution in [1.29, 1.82) is 0 Å². The number of thioether (sulfide) groups is 1. The first-order valence-corrected chi connectivity index (χ1v) is 5.99. The molecule has 3 N–H and O–H groups in total. The number of nitrogens with two attached hydrogens (primary N) is 1. The van der Waals surface area contributed by atoms with E-state index in [4.69, 9.17) is 5.73 Å². The summed E-state index contributed by atoms with van der Waals surface area (Å²) >= 11 is 1.81. The van der Waals surface area contributed by atoms with Gasteiger partial charge >= 0.3 is 0 Å². The van der Waals surface area contributed by atoms with E-state index in [9.17, 15) is 5.11 Å². The first-order valence-electron chi connectivity index (χ1n) is 4.83. The summed E-state index contributed by atoms with van der Waals surface area (Å²) in [6.07, 6.45) is 1.02. The Morgan fingerprint density at radius 3 is 2.93 bits per heavy atom. The van der Waals surface area contributed by atoms with Crippen LogP contribution in [0.1, 0.15) is 18.9 Å². The maximum absolute atomic E-state index is 9.23. The molecule has 0 amide bonds. The second-order valence-corrected chi connectivity index (χ2v) is 4.38. The topological polar surface area (TPSA) is 46.2 Å². The smallest absolute Gasteiger partial charge is 0.115 e. The number of rotatable bonds is 5. The molecule has 1 aromatic rings. The van der Waals surface area contributed by atoms with E-state index in [1.165, 1.54) is 0 Å². The molecule has 3 heteroatoms. The lowest BCUT2D eigenvalue weighted by molar-refractivity contribution is 0.475. The normalized spacial score (nSPS) is 12.7. The summed E-state index contributed by atoms with van der Waals surface area (Å²) in [5.41, 5.74) is 6.95. The van der Waals surface area contributed by atoms with Crippen LogP contribution in [0, 0.1) is 0 Å². The maximum Gasteiger partial charge on any atom is 0.115 e. The number of hydrogen-bond acceptors (Lipinski definition) is 3. The van der Waals surface area contributed by atoms with Gasteiger partial charge < -0.3 is 10.8 Å². The molecule has 0 aliphatic rings. The summed E-state index contributed by atoms with van der Waals surface area (Å²) in [6, 6.07) is 7.66. The Hall–Kier alpha value is -0.670. The van der Waals surface area contributed by atoms with E-state index in [2.05, 4.69) is 6.92 Å². The molecule has 2 nitrogen and oxygen atoms in total. The quantitative estimate of drug-likeness (QED) is 0.786. The maximum atomic E-state index is 9.23. The van der Waals surface area contributed by atoms with Gasteiger partial charge in [-0.1, -0.05) is 19.1 Å². The van der Waals surface area contributed by atoms with Crippen LogP contribution in [0.4, 0.5) is 0 Å². The largest absolute Gasteiger partial charge is 0.508 e. The van der Waals surface area contributed by atoms with Gasteiger partial charge in [-0.3, -0.25) is 0 Å². The van der Waals surface area contributed by atoms with Gasteiger partial charge in [0.15, 0.2) is 0 Å². The van der Waals surface area contributed by atoms with Crippen LogP contribution >= 0.6 is 11.8 Å². The van der Waals surface area contributed by atoms with Crippen LogP contribution in [0.2, 0.25) is 0 Å². The van der Waals surface area contributed by atoms with Gasteiger partial charge in [-0.15, -0.1) is 0 Å². The van der Waals surface area contributed by atoms with Gasteiger partial charge in [0, 0.05) is 17.5 Å². The van der Waals surface area contributed by atoms with Crippen molar-refractivity contribution in [2.45, 2.75) is 25.1 Å². The van der Waals surface area contributed by atoms with E-state index in [1.54, 1.807) is 12.1 Å². The molecule has 1 rings (SSSR count). The van der Waals surface area contributed by atoms with E-state index >= 15 is 0 Å². The monoisotopic (exact) mass is 211 g/mol. The Kier molecular flexibility index (Phi) is 4.84. The van der Waals surface area contributed by atoms with Gasteiger partial charge in [0.1, 0.15) is 5.75 Å². The van der Waals surface area contributed by atoms with Crippen molar-refractivity contribution in [2.75, 3.05) is 5.75 Å². The number of phenolic OH excluding ortho intramolecular Hbond substituents is 1. The van der Waals surface area contributed by atoms with E-state index in [1.807, 2.05) is 23.9 Å². The summed E-state index contributed by atoms with van der Waals surface area (Å²) in [7, 11) is 0. The third-order valence-electron chi connectivity index (χ3n) is 2.04. The summed E-state index contributed by atoms with van der Waals surface area (Å²) in [5, 5.41) is 9.23. The molecule has 1 unspecified atom stereocenters. The van der Waals surface area contributed by atoms with E-state index < -0.39 is 0 Å². The Morgan fingerprint density at radius 1 is 1.50 bits per heavy atom.